The Morgan fingerprint density at radius 3 is 2.44 bits per heavy atom. The van der Waals surface area contributed by atoms with Gasteiger partial charge in [0.2, 0.25) is 10.0 Å². The highest BCUT2D eigenvalue weighted by Crippen LogP contribution is 2.25. The number of aromatic nitrogens is 2. The molecule has 0 aliphatic rings. The first-order valence-electron chi connectivity index (χ1n) is 5.76. The van der Waals surface area contributed by atoms with Crippen molar-refractivity contribution in [1.82, 2.24) is 14.1 Å². The third-order valence-electron chi connectivity index (χ3n) is 2.72. The van der Waals surface area contributed by atoms with Crippen LogP contribution in [0.25, 0.3) is 0 Å². The van der Waals surface area contributed by atoms with Gasteiger partial charge in [0.1, 0.15) is 4.90 Å². The molecule has 0 radical (unpaired) electrons. The van der Waals surface area contributed by atoms with E-state index < -0.39 is 10.0 Å². The van der Waals surface area contributed by atoms with Crippen molar-refractivity contribution in [1.29, 1.82) is 0 Å². The molecule has 1 aromatic rings. The van der Waals surface area contributed by atoms with Crippen LogP contribution in [-0.4, -0.2) is 47.3 Å². The quantitative estimate of drug-likeness (QED) is 0.743. The number of nitrogen functional groups attached to an aromatic ring is 1. The van der Waals surface area contributed by atoms with Gasteiger partial charge in [-0.1, -0.05) is 6.92 Å². The van der Waals surface area contributed by atoms with Gasteiger partial charge in [0.15, 0.2) is 5.82 Å². The van der Waals surface area contributed by atoms with Gasteiger partial charge in [-0.3, -0.25) is 4.68 Å². The molecule has 0 bridgehead atoms. The summed E-state index contributed by atoms with van der Waals surface area (Å²) >= 11 is 0. The maximum Gasteiger partial charge on any atom is 0.248 e. The predicted molar refractivity (Wildman–Crippen MR) is 68.5 cm³/mol. The highest BCUT2D eigenvalue weighted by molar-refractivity contribution is 7.89. The zero-order valence-corrected chi connectivity index (χ0v) is 11.7. The molecule has 18 heavy (non-hydrogen) atoms. The van der Waals surface area contributed by atoms with Crippen LogP contribution in [0.15, 0.2) is 4.90 Å². The molecule has 1 heterocycles. The fourth-order valence-corrected chi connectivity index (χ4v) is 3.59. The molecule has 0 saturated carbocycles. The van der Waals surface area contributed by atoms with E-state index in [1.807, 2.05) is 6.92 Å². The van der Waals surface area contributed by atoms with Gasteiger partial charge in [-0.05, 0) is 13.3 Å². The lowest BCUT2D eigenvalue weighted by Gasteiger charge is -2.20. The minimum absolute atomic E-state index is 0.00552. The Balaban J connectivity index is 3.26. The maximum absolute atomic E-state index is 12.4. The topological polar surface area (TPSA) is 101 Å². The molecule has 0 amide bonds. The third kappa shape index (κ3) is 2.65. The number of rotatable bonds is 6. The average Bonchev–Trinajstić information content (AvgIpc) is 2.53. The zero-order valence-electron chi connectivity index (χ0n) is 10.9. The van der Waals surface area contributed by atoms with Crippen LogP contribution in [-0.2, 0) is 17.1 Å². The number of anilines is 1. The Bertz CT molecular complexity index is 503. The highest BCUT2D eigenvalue weighted by Gasteiger charge is 2.30. The van der Waals surface area contributed by atoms with Gasteiger partial charge in [-0.15, -0.1) is 0 Å². The van der Waals surface area contributed by atoms with E-state index in [-0.39, 0.29) is 23.9 Å². The van der Waals surface area contributed by atoms with Crippen molar-refractivity contribution >= 4 is 15.8 Å². The molecule has 7 nitrogen and oxygen atoms in total. The second-order valence-electron chi connectivity index (χ2n) is 4.05. The third-order valence-corrected chi connectivity index (χ3v) is 4.79. The summed E-state index contributed by atoms with van der Waals surface area (Å²) in [5.74, 6) is -0.00552. The highest BCUT2D eigenvalue weighted by atomic mass is 32.2. The van der Waals surface area contributed by atoms with Gasteiger partial charge in [0, 0.05) is 20.1 Å². The number of hydrogen-bond acceptors (Lipinski definition) is 5. The Labute approximate surface area is 107 Å². The summed E-state index contributed by atoms with van der Waals surface area (Å²) in [5.41, 5.74) is 6.15. The monoisotopic (exact) mass is 276 g/mol. The van der Waals surface area contributed by atoms with Gasteiger partial charge in [0.25, 0.3) is 0 Å². The van der Waals surface area contributed by atoms with Crippen molar-refractivity contribution in [3.05, 3.63) is 5.69 Å². The van der Waals surface area contributed by atoms with E-state index in [4.69, 9.17) is 10.8 Å². The Morgan fingerprint density at radius 2 is 2.06 bits per heavy atom. The number of aryl methyl sites for hydroxylation is 1. The summed E-state index contributed by atoms with van der Waals surface area (Å²) in [5, 5.41) is 12.9. The normalized spacial score (nSPS) is 12.3. The van der Waals surface area contributed by atoms with Crippen LogP contribution >= 0.6 is 0 Å². The van der Waals surface area contributed by atoms with E-state index in [1.54, 1.807) is 14.0 Å². The maximum atomic E-state index is 12.4. The van der Waals surface area contributed by atoms with E-state index in [0.717, 1.165) is 0 Å². The molecular formula is C10H20N4O3S. The fourth-order valence-electron chi connectivity index (χ4n) is 1.78. The molecule has 3 N–H and O–H groups in total. The Morgan fingerprint density at radius 1 is 1.44 bits per heavy atom. The lowest BCUT2D eigenvalue weighted by Crippen LogP contribution is -2.34. The fraction of sp³-hybridized carbons (Fsp3) is 0.700. The molecule has 0 aliphatic heterocycles. The minimum atomic E-state index is -3.70. The number of aliphatic hydroxyl groups is 1. The predicted octanol–water partition coefficient (Wildman–Crippen LogP) is -0.296. The molecule has 0 saturated heterocycles. The number of nitrogens with two attached hydrogens (primary N) is 1. The molecule has 1 rings (SSSR count). The number of aliphatic hydroxyl groups excluding tert-OH is 1. The van der Waals surface area contributed by atoms with Crippen LogP contribution in [0, 0.1) is 6.92 Å². The summed E-state index contributed by atoms with van der Waals surface area (Å²) in [6.45, 7) is 3.71. The summed E-state index contributed by atoms with van der Waals surface area (Å²) < 4.78 is 27.6. The number of nitrogens with zero attached hydrogens (tertiary/aromatic N) is 3. The van der Waals surface area contributed by atoms with E-state index in [9.17, 15) is 8.42 Å². The van der Waals surface area contributed by atoms with Gasteiger partial charge in [-0.25, -0.2) is 8.42 Å². The minimum Gasteiger partial charge on any atom is -0.395 e. The summed E-state index contributed by atoms with van der Waals surface area (Å²) in [6, 6.07) is 0. The molecule has 0 aromatic carbocycles. The standard InChI is InChI=1S/C10H20N4O3S/c1-4-5-14(6-7-15)18(16,17)9-8(2)13(3)12-10(9)11/h15H,4-7H2,1-3H3,(H2,11,12). The molecule has 0 unspecified atom stereocenters. The molecular weight excluding hydrogens is 256 g/mol. The van der Waals surface area contributed by atoms with Crippen molar-refractivity contribution in [2.75, 3.05) is 25.4 Å². The van der Waals surface area contributed by atoms with E-state index in [0.29, 0.717) is 18.7 Å². The lowest BCUT2D eigenvalue weighted by molar-refractivity contribution is 0.253. The first-order chi connectivity index (χ1) is 8.36. The first kappa shape index (κ1) is 14.9. The number of hydrogen-bond donors (Lipinski definition) is 2. The molecule has 0 atom stereocenters. The molecule has 0 fully saturated rings. The van der Waals surface area contributed by atoms with E-state index >= 15 is 0 Å². The van der Waals surface area contributed by atoms with Crippen molar-refractivity contribution < 1.29 is 13.5 Å². The Hall–Kier alpha value is -1.12. The molecule has 1 aromatic heterocycles. The van der Waals surface area contributed by atoms with Crippen molar-refractivity contribution in [3.8, 4) is 0 Å². The summed E-state index contributed by atoms with van der Waals surface area (Å²) in [7, 11) is -2.06. The van der Waals surface area contributed by atoms with Gasteiger partial charge in [-0.2, -0.15) is 9.40 Å². The van der Waals surface area contributed by atoms with E-state index in [1.165, 1.54) is 8.99 Å². The van der Waals surface area contributed by atoms with Crippen LogP contribution in [0.2, 0.25) is 0 Å². The van der Waals surface area contributed by atoms with Crippen molar-refractivity contribution in [3.63, 3.8) is 0 Å². The van der Waals surface area contributed by atoms with E-state index in [2.05, 4.69) is 5.10 Å². The molecule has 0 spiro atoms. The van der Waals surface area contributed by atoms with Gasteiger partial charge < -0.3 is 10.8 Å². The van der Waals surface area contributed by atoms with Gasteiger partial charge >= 0.3 is 0 Å². The Kier molecular flexibility index (Phi) is 4.71. The second-order valence-corrected chi connectivity index (χ2v) is 5.93. The number of sulfonamides is 1. The second kappa shape index (κ2) is 5.68. The SMILES string of the molecule is CCCN(CCO)S(=O)(=O)c1c(N)nn(C)c1C. The van der Waals surface area contributed by atoms with Crippen LogP contribution in [0.4, 0.5) is 5.82 Å². The molecule has 8 heteroatoms. The van der Waals surface area contributed by atoms with Gasteiger partial charge in [0.05, 0.1) is 12.3 Å². The first-order valence-corrected chi connectivity index (χ1v) is 7.20. The summed E-state index contributed by atoms with van der Waals surface area (Å²) in [4.78, 5) is 0.0342. The lowest BCUT2D eigenvalue weighted by atomic mass is 10.4. The van der Waals surface area contributed by atoms with Crippen LogP contribution < -0.4 is 5.73 Å². The summed E-state index contributed by atoms with van der Waals surface area (Å²) in [6.07, 6.45) is 0.665. The van der Waals surface area contributed by atoms with Crippen LogP contribution in [0.3, 0.4) is 0 Å². The van der Waals surface area contributed by atoms with Crippen molar-refractivity contribution in [2.45, 2.75) is 25.2 Å². The zero-order chi connectivity index (χ0) is 13.9. The van der Waals surface area contributed by atoms with Crippen LogP contribution in [0.5, 0.6) is 0 Å². The average molecular weight is 276 g/mol. The van der Waals surface area contributed by atoms with Crippen LogP contribution in [0.1, 0.15) is 19.0 Å². The molecule has 0 aliphatic carbocycles. The largest absolute Gasteiger partial charge is 0.395 e. The van der Waals surface area contributed by atoms with Crippen molar-refractivity contribution in [2.24, 2.45) is 7.05 Å². The molecule has 104 valence electrons. The smallest absolute Gasteiger partial charge is 0.248 e.